The Labute approximate surface area is 202 Å². The van der Waals surface area contributed by atoms with E-state index in [0.717, 1.165) is 24.0 Å². The first kappa shape index (κ1) is 24.5. The van der Waals surface area contributed by atoms with Gasteiger partial charge in [-0.2, -0.15) is 12.7 Å². The van der Waals surface area contributed by atoms with Gasteiger partial charge in [-0.1, -0.05) is 23.8 Å². The summed E-state index contributed by atoms with van der Waals surface area (Å²) < 4.78 is 41.5. The summed E-state index contributed by atoms with van der Waals surface area (Å²) in [4.78, 5) is 14.9. The molecule has 2 aliphatic heterocycles. The maximum atomic E-state index is 13.2. The number of carbonyl (C=O) groups excluding carboxylic acids is 1. The van der Waals surface area contributed by atoms with Crippen LogP contribution in [0.3, 0.4) is 0 Å². The molecule has 3 atom stereocenters. The van der Waals surface area contributed by atoms with Crippen molar-refractivity contribution in [1.29, 1.82) is 0 Å². The second-order valence-corrected chi connectivity index (χ2v) is 10.8. The Morgan fingerprint density at radius 3 is 2.56 bits per heavy atom. The fourth-order valence-corrected chi connectivity index (χ4v) is 6.16. The van der Waals surface area contributed by atoms with E-state index in [0.29, 0.717) is 36.6 Å². The number of carbonyl (C=O) groups is 1. The molecule has 8 nitrogen and oxygen atoms in total. The minimum absolute atomic E-state index is 0.0153. The normalized spacial score (nSPS) is 23.3. The maximum Gasteiger partial charge on any atom is 0.301 e. The summed E-state index contributed by atoms with van der Waals surface area (Å²) >= 11 is 0. The molecule has 0 bridgehead atoms. The van der Waals surface area contributed by atoms with E-state index >= 15 is 0 Å². The summed E-state index contributed by atoms with van der Waals surface area (Å²) in [6, 6.07) is 12.7. The van der Waals surface area contributed by atoms with Gasteiger partial charge >= 0.3 is 10.2 Å². The Balaban J connectivity index is 1.46. The summed E-state index contributed by atoms with van der Waals surface area (Å²) in [5, 5.41) is 0. The highest BCUT2D eigenvalue weighted by Gasteiger charge is 2.38. The fourth-order valence-electron chi connectivity index (χ4n) is 4.67. The number of anilines is 1. The van der Waals surface area contributed by atoms with Crippen molar-refractivity contribution < 1.29 is 22.7 Å². The molecule has 34 heavy (non-hydrogen) atoms. The number of likely N-dealkylation sites (tertiary alicyclic amines) is 1. The van der Waals surface area contributed by atoms with Crippen molar-refractivity contribution in [1.82, 2.24) is 9.21 Å². The molecular formula is C25H33N3O5S. The molecule has 184 valence electrons. The third-order valence-electron chi connectivity index (χ3n) is 6.60. The predicted molar refractivity (Wildman–Crippen MR) is 131 cm³/mol. The van der Waals surface area contributed by atoms with Gasteiger partial charge in [-0.05, 0) is 57.4 Å². The first-order chi connectivity index (χ1) is 16.2. The molecule has 0 aliphatic carbocycles. The number of hydrogen-bond donors (Lipinski definition) is 1. The van der Waals surface area contributed by atoms with Crippen LogP contribution < -0.4 is 9.46 Å². The highest BCUT2D eigenvalue weighted by molar-refractivity contribution is 7.90. The highest BCUT2D eigenvalue weighted by Crippen LogP contribution is 2.27. The molecular weight excluding hydrogens is 454 g/mol. The smallest absolute Gasteiger partial charge is 0.301 e. The van der Waals surface area contributed by atoms with E-state index in [2.05, 4.69) is 4.72 Å². The molecule has 0 saturated carbocycles. The molecule has 1 amide bonds. The van der Waals surface area contributed by atoms with Crippen molar-refractivity contribution in [2.45, 2.75) is 51.9 Å². The minimum Gasteiger partial charge on any atom is -0.486 e. The van der Waals surface area contributed by atoms with Crippen molar-refractivity contribution in [3.63, 3.8) is 0 Å². The Morgan fingerprint density at radius 1 is 1.09 bits per heavy atom. The predicted octanol–water partition coefficient (Wildman–Crippen LogP) is 3.36. The van der Waals surface area contributed by atoms with Crippen LogP contribution in [0.4, 0.5) is 5.69 Å². The van der Waals surface area contributed by atoms with Gasteiger partial charge in [0.15, 0.2) is 0 Å². The first-order valence-electron chi connectivity index (χ1n) is 11.6. The van der Waals surface area contributed by atoms with Crippen molar-refractivity contribution in [2.24, 2.45) is 0 Å². The molecule has 2 aliphatic rings. The number of nitrogens with one attached hydrogen (secondary N) is 1. The van der Waals surface area contributed by atoms with E-state index in [1.165, 1.54) is 4.31 Å². The van der Waals surface area contributed by atoms with E-state index in [1.54, 1.807) is 36.3 Å². The van der Waals surface area contributed by atoms with Crippen LogP contribution in [-0.4, -0.2) is 68.5 Å². The molecule has 1 N–H and O–H groups in total. The lowest BCUT2D eigenvalue weighted by molar-refractivity contribution is 0.0340. The Bertz CT molecular complexity index is 1150. The third kappa shape index (κ3) is 5.21. The molecule has 4 rings (SSSR count). The van der Waals surface area contributed by atoms with E-state index < -0.39 is 10.2 Å². The summed E-state index contributed by atoms with van der Waals surface area (Å²) in [7, 11) is -2.02. The molecule has 9 heteroatoms. The van der Waals surface area contributed by atoms with Gasteiger partial charge in [-0.25, -0.2) is 0 Å². The van der Waals surface area contributed by atoms with Crippen molar-refractivity contribution >= 4 is 21.8 Å². The average molecular weight is 488 g/mol. The highest BCUT2D eigenvalue weighted by atomic mass is 32.2. The zero-order chi connectivity index (χ0) is 24.5. The van der Waals surface area contributed by atoms with Crippen molar-refractivity contribution in [3.8, 4) is 5.75 Å². The third-order valence-corrected chi connectivity index (χ3v) is 8.25. The molecule has 2 fully saturated rings. The van der Waals surface area contributed by atoms with Crippen molar-refractivity contribution in [2.75, 3.05) is 31.5 Å². The fraction of sp³-hybridized carbons (Fsp3) is 0.480. The first-order valence-corrected chi connectivity index (χ1v) is 13.1. The summed E-state index contributed by atoms with van der Waals surface area (Å²) in [6.07, 6.45) is 1.06. The quantitative estimate of drug-likeness (QED) is 0.647. The van der Waals surface area contributed by atoms with Gasteiger partial charge in [-0.3, -0.25) is 9.52 Å². The lowest BCUT2D eigenvalue weighted by atomic mass is 10.0. The average Bonchev–Trinajstić information content (AvgIpc) is 3.41. The minimum atomic E-state index is -3.63. The van der Waals surface area contributed by atoms with Crippen LogP contribution in [0.1, 0.15) is 41.3 Å². The van der Waals surface area contributed by atoms with Crippen LogP contribution in [0, 0.1) is 13.8 Å². The van der Waals surface area contributed by atoms with E-state index in [9.17, 15) is 13.2 Å². The second-order valence-electron chi connectivity index (χ2n) is 9.20. The Kier molecular flexibility index (Phi) is 7.16. The number of methoxy groups -OCH3 is 1. The topological polar surface area (TPSA) is 88.2 Å². The summed E-state index contributed by atoms with van der Waals surface area (Å²) in [6.45, 7) is 7.14. The zero-order valence-electron chi connectivity index (χ0n) is 20.2. The second kappa shape index (κ2) is 9.93. The zero-order valence-corrected chi connectivity index (χ0v) is 21.0. The van der Waals surface area contributed by atoms with Gasteiger partial charge in [0.25, 0.3) is 5.91 Å². The van der Waals surface area contributed by atoms with Crippen LogP contribution >= 0.6 is 0 Å². The van der Waals surface area contributed by atoms with Crippen LogP contribution in [0.5, 0.6) is 5.75 Å². The lowest BCUT2D eigenvalue weighted by Crippen LogP contribution is -2.38. The van der Waals surface area contributed by atoms with E-state index in [-0.39, 0.29) is 24.2 Å². The monoisotopic (exact) mass is 487 g/mol. The molecule has 1 unspecified atom stereocenters. The summed E-state index contributed by atoms with van der Waals surface area (Å²) in [5.74, 6) is 0.471. The molecule has 0 spiro atoms. The SMILES string of the molecule is CO[C@@H]1CN(C(=O)c2cc(C)ccc2C)C[C@H]1Oc1cccc(NS(=O)(=O)N2CCCC2C)c1. The van der Waals surface area contributed by atoms with Gasteiger partial charge < -0.3 is 14.4 Å². The van der Waals surface area contributed by atoms with Crippen LogP contribution in [-0.2, 0) is 14.9 Å². The standard InChI is InChI=1S/C25H33N3O5S/c1-17-10-11-18(2)22(13-17)25(29)27-15-23(32-4)24(16-27)33-21-9-5-8-20(14-21)26-34(30,31)28-12-6-7-19(28)3/h5,8-11,13-14,19,23-24,26H,6-7,12,15-16H2,1-4H3/t19?,23-,24-/m1/s1. The van der Waals surface area contributed by atoms with E-state index in [4.69, 9.17) is 9.47 Å². The molecule has 2 heterocycles. The number of ether oxygens (including phenoxy) is 2. The van der Waals surface area contributed by atoms with Gasteiger partial charge in [-0.15, -0.1) is 0 Å². The van der Waals surface area contributed by atoms with Crippen LogP contribution in [0.15, 0.2) is 42.5 Å². The molecule has 2 saturated heterocycles. The van der Waals surface area contributed by atoms with E-state index in [1.807, 2.05) is 39.0 Å². The largest absolute Gasteiger partial charge is 0.486 e. The van der Waals surface area contributed by atoms with Gasteiger partial charge in [0.05, 0.1) is 18.8 Å². The number of benzene rings is 2. The van der Waals surface area contributed by atoms with Gasteiger partial charge in [0, 0.05) is 31.3 Å². The number of hydrogen-bond acceptors (Lipinski definition) is 5. The molecule has 0 aromatic heterocycles. The lowest BCUT2D eigenvalue weighted by Gasteiger charge is -2.22. The summed E-state index contributed by atoms with van der Waals surface area (Å²) in [5.41, 5.74) is 3.09. The molecule has 2 aromatic rings. The Morgan fingerprint density at radius 2 is 1.85 bits per heavy atom. The van der Waals surface area contributed by atoms with Gasteiger partial charge in [0.2, 0.25) is 0 Å². The molecule has 2 aromatic carbocycles. The van der Waals surface area contributed by atoms with Crippen LogP contribution in [0.2, 0.25) is 0 Å². The maximum absolute atomic E-state index is 13.2. The number of rotatable bonds is 7. The Hall–Kier alpha value is -2.62. The van der Waals surface area contributed by atoms with Crippen LogP contribution in [0.25, 0.3) is 0 Å². The van der Waals surface area contributed by atoms with Gasteiger partial charge in [0.1, 0.15) is 18.0 Å². The number of nitrogens with zero attached hydrogens (tertiary/aromatic N) is 2. The van der Waals surface area contributed by atoms with Crippen molar-refractivity contribution in [3.05, 3.63) is 59.2 Å². The number of aryl methyl sites for hydroxylation is 2. The number of amides is 1. The molecule has 0 radical (unpaired) electrons.